The third-order valence-corrected chi connectivity index (χ3v) is 4.36. The van der Waals surface area contributed by atoms with E-state index in [-0.39, 0.29) is 11.7 Å². The van der Waals surface area contributed by atoms with E-state index in [1.165, 1.54) is 6.08 Å². The van der Waals surface area contributed by atoms with Crippen LogP contribution in [0.3, 0.4) is 0 Å². The molecule has 0 radical (unpaired) electrons. The third-order valence-electron chi connectivity index (χ3n) is 4.36. The van der Waals surface area contributed by atoms with E-state index >= 15 is 0 Å². The number of imide groups is 1. The summed E-state index contributed by atoms with van der Waals surface area (Å²) in [7, 11) is 0. The van der Waals surface area contributed by atoms with Crippen LogP contribution in [0.25, 0.3) is 0 Å². The minimum absolute atomic E-state index is 0.0806. The fourth-order valence-electron chi connectivity index (χ4n) is 3.25. The maximum atomic E-state index is 12.7. The molecular weight excluding hydrogens is 290 g/mol. The number of amides is 2. The standard InChI is InChI=1S/C19H13NO3/c21-17-11-16(19(23)20(17)13-7-2-1-3-8-13)15-10-12-6-4-5-9-14(12)18(15)22/h1-9,11,15H,10H2. The van der Waals surface area contributed by atoms with Crippen molar-refractivity contribution >= 4 is 23.3 Å². The summed E-state index contributed by atoms with van der Waals surface area (Å²) in [6.07, 6.45) is 1.78. The van der Waals surface area contributed by atoms with Gasteiger partial charge in [-0.3, -0.25) is 14.4 Å². The van der Waals surface area contributed by atoms with Gasteiger partial charge in [0.05, 0.1) is 11.6 Å². The number of anilines is 1. The van der Waals surface area contributed by atoms with Gasteiger partial charge in [-0.05, 0) is 24.1 Å². The summed E-state index contributed by atoms with van der Waals surface area (Å²) in [4.78, 5) is 38.6. The van der Waals surface area contributed by atoms with Gasteiger partial charge in [0, 0.05) is 17.2 Å². The van der Waals surface area contributed by atoms with Crippen LogP contribution in [0.1, 0.15) is 15.9 Å². The average molecular weight is 303 g/mol. The Morgan fingerprint density at radius 1 is 0.870 bits per heavy atom. The van der Waals surface area contributed by atoms with E-state index in [4.69, 9.17) is 0 Å². The van der Waals surface area contributed by atoms with Crippen molar-refractivity contribution in [1.29, 1.82) is 0 Å². The van der Waals surface area contributed by atoms with Gasteiger partial charge in [0.2, 0.25) is 0 Å². The molecule has 4 nitrogen and oxygen atoms in total. The van der Waals surface area contributed by atoms with Gasteiger partial charge in [0.1, 0.15) is 0 Å². The highest BCUT2D eigenvalue weighted by molar-refractivity contribution is 6.32. The molecule has 0 aromatic heterocycles. The topological polar surface area (TPSA) is 54.5 Å². The number of para-hydroxylation sites is 1. The van der Waals surface area contributed by atoms with E-state index in [0.717, 1.165) is 10.5 Å². The molecule has 2 aliphatic rings. The Morgan fingerprint density at radius 3 is 2.30 bits per heavy atom. The molecule has 0 bridgehead atoms. The highest BCUT2D eigenvalue weighted by Gasteiger charge is 2.42. The molecule has 112 valence electrons. The second-order valence-electron chi connectivity index (χ2n) is 5.69. The molecular formula is C19H13NO3. The van der Waals surface area contributed by atoms with E-state index in [0.29, 0.717) is 23.2 Å². The smallest absolute Gasteiger partial charge is 0.262 e. The van der Waals surface area contributed by atoms with Crippen LogP contribution in [-0.4, -0.2) is 17.6 Å². The SMILES string of the molecule is O=C1c2ccccc2CC1C1=CC(=O)N(c2ccccc2)C1=O. The summed E-state index contributed by atoms with van der Waals surface area (Å²) in [5.41, 5.74) is 2.40. The molecule has 2 amide bonds. The van der Waals surface area contributed by atoms with Gasteiger partial charge in [0.15, 0.2) is 5.78 Å². The number of Topliss-reactive ketones (excluding diaryl/α,β-unsaturated/α-hetero) is 1. The lowest BCUT2D eigenvalue weighted by Crippen LogP contribution is -2.32. The summed E-state index contributed by atoms with van der Waals surface area (Å²) in [6.45, 7) is 0. The molecule has 1 aliphatic carbocycles. The normalized spacial score (nSPS) is 20.0. The Bertz CT molecular complexity index is 867. The van der Waals surface area contributed by atoms with Gasteiger partial charge in [-0.25, -0.2) is 4.90 Å². The summed E-state index contributed by atoms with van der Waals surface area (Å²) < 4.78 is 0. The molecule has 2 aromatic carbocycles. The second-order valence-corrected chi connectivity index (χ2v) is 5.69. The van der Waals surface area contributed by atoms with Crippen LogP contribution in [0, 0.1) is 5.92 Å². The summed E-state index contributed by atoms with van der Waals surface area (Å²) in [5, 5.41) is 0. The third kappa shape index (κ3) is 2.03. The van der Waals surface area contributed by atoms with Crippen molar-refractivity contribution in [3.63, 3.8) is 0 Å². The number of carbonyl (C=O) groups is 3. The minimum atomic E-state index is -0.558. The zero-order chi connectivity index (χ0) is 16.0. The van der Waals surface area contributed by atoms with Gasteiger partial charge >= 0.3 is 0 Å². The monoisotopic (exact) mass is 303 g/mol. The Hall–Kier alpha value is -3.01. The molecule has 23 heavy (non-hydrogen) atoms. The number of hydrogen-bond donors (Lipinski definition) is 0. The van der Waals surface area contributed by atoms with E-state index < -0.39 is 11.8 Å². The molecule has 4 rings (SSSR count). The zero-order valence-electron chi connectivity index (χ0n) is 12.2. The molecule has 0 saturated heterocycles. The van der Waals surface area contributed by atoms with Gasteiger partial charge in [-0.15, -0.1) is 0 Å². The van der Waals surface area contributed by atoms with Crippen molar-refractivity contribution < 1.29 is 14.4 Å². The van der Waals surface area contributed by atoms with Crippen molar-refractivity contribution in [3.05, 3.63) is 77.4 Å². The number of benzene rings is 2. The van der Waals surface area contributed by atoms with Crippen LogP contribution in [0.2, 0.25) is 0 Å². The maximum Gasteiger partial charge on any atom is 0.262 e. The van der Waals surface area contributed by atoms with Crippen LogP contribution < -0.4 is 4.90 Å². The second kappa shape index (κ2) is 5.02. The van der Waals surface area contributed by atoms with Gasteiger partial charge in [-0.1, -0.05) is 42.5 Å². The lowest BCUT2D eigenvalue weighted by atomic mass is 9.95. The molecule has 0 N–H and O–H groups in total. The van der Waals surface area contributed by atoms with E-state index in [1.807, 2.05) is 24.3 Å². The molecule has 0 spiro atoms. The number of carbonyl (C=O) groups excluding carboxylic acids is 3. The first-order valence-corrected chi connectivity index (χ1v) is 7.44. The summed E-state index contributed by atoms with van der Waals surface area (Å²) in [6, 6.07) is 16.1. The van der Waals surface area contributed by atoms with E-state index in [9.17, 15) is 14.4 Å². The predicted octanol–water partition coefficient (Wildman–Crippen LogP) is 2.54. The molecule has 1 unspecified atom stereocenters. The largest absolute Gasteiger partial charge is 0.293 e. The van der Waals surface area contributed by atoms with Crippen molar-refractivity contribution in [2.45, 2.75) is 6.42 Å². The average Bonchev–Trinajstić information content (AvgIpc) is 3.05. The summed E-state index contributed by atoms with van der Waals surface area (Å²) in [5.74, 6) is -1.42. The number of hydrogen-bond acceptors (Lipinski definition) is 3. The van der Waals surface area contributed by atoms with E-state index in [1.54, 1.807) is 30.3 Å². The lowest BCUT2D eigenvalue weighted by Gasteiger charge is -2.16. The van der Waals surface area contributed by atoms with Crippen LogP contribution in [0.4, 0.5) is 5.69 Å². The molecule has 4 heteroatoms. The van der Waals surface area contributed by atoms with Gasteiger partial charge in [-0.2, -0.15) is 0 Å². The minimum Gasteiger partial charge on any atom is -0.293 e. The first-order valence-electron chi connectivity index (χ1n) is 7.44. The lowest BCUT2D eigenvalue weighted by molar-refractivity contribution is -0.120. The Morgan fingerprint density at radius 2 is 1.57 bits per heavy atom. The number of rotatable bonds is 2. The Kier molecular flexibility index (Phi) is 2.98. The summed E-state index contributed by atoms with van der Waals surface area (Å²) >= 11 is 0. The number of fused-ring (bicyclic) bond motifs is 1. The number of ketones is 1. The van der Waals surface area contributed by atoms with Gasteiger partial charge < -0.3 is 0 Å². The predicted molar refractivity (Wildman–Crippen MR) is 85.0 cm³/mol. The van der Waals surface area contributed by atoms with Crippen molar-refractivity contribution in [3.8, 4) is 0 Å². The molecule has 0 saturated carbocycles. The Labute approximate surface area is 133 Å². The van der Waals surface area contributed by atoms with Gasteiger partial charge in [0.25, 0.3) is 11.8 Å². The molecule has 2 aromatic rings. The first kappa shape index (κ1) is 13.6. The molecule has 0 fully saturated rings. The van der Waals surface area contributed by atoms with E-state index in [2.05, 4.69) is 0 Å². The number of nitrogens with zero attached hydrogens (tertiary/aromatic N) is 1. The highest BCUT2D eigenvalue weighted by atomic mass is 16.2. The van der Waals surface area contributed by atoms with Crippen LogP contribution in [-0.2, 0) is 16.0 Å². The quantitative estimate of drug-likeness (QED) is 0.801. The zero-order valence-corrected chi connectivity index (χ0v) is 12.2. The molecule has 1 atom stereocenters. The fraction of sp³-hybridized carbons (Fsp3) is 0.105. The maximum absolute atomic E-state index is 12.7. The first-order chi connectivity index (χ1) is 11.2. The Balaban J connectivity index is 1.68. The van der Waals surface area contributed by atoms with Crippen LogP contribution in [0.5, 0.6) is 0 Å². The molecule has 1 aliphatic heterocycles. The van der Waals surface area contributed by atoms with Crippen molar-refractivity contribution in [2.75, 3.05) is 4.90 Å². The van der Waals surface area contributed by atoms with Crippen molar-refractivity contribution in [1.82, 2.24) is 0 Å². The van der Waals surface area contributed by atoms with Crippen LogP contribution >= 0.6 is 0 Å². The van der Waals surface area contributed by atoms with Crippen molar-refractivity contribution in [2.24, 2.45) is 5.92 Å². The fourth-order valence-corrected chi connectivity index (χ4v) is 3.25. The molecule has 1 heterocycles. The highest BCUT2D eigenvalue weighted by Crippen LogP contribution is 2.35. The van der Waals surface area contributed by atoms with Crippen LogP contribution in [0.15, 0.2) is 66.2 Å².